The summed E-state index contributed by atoms with van der Waals surface area (Å²) >= 11 is 0. The number of nitrogens with one attached hydrogen (secondary N) is 1. The van der Waals surface area contributed by atoms with Gasteiger partial charge < -0.3 is 10.4 Å². The van der Waals surface area contributed by atoms with Gasteiger partial charge in [-0.3, -0.25) is 14.5 Å². The van der Waals surface area contributed by atoms with Crippen LogP contribution >= 0.6 is 0 Å². The van der Waals surface area contributed by atoms with Crippen LogP contribution in [0.15, 0.2) is 0 Å². The van der Waals surface area contributed by atoms with Crippen molar-refractivity contribution in [3.8, 4) is 0 Å². The van der Waals surface area contributed by atoms with Crippen LogP contribution in [0.4, 0.5) is 0 Å². The maximum absolute atomic E-state index is 11.7. The Morgan fingerprint density at radius 3 is 2.78 bits per heavy atom. The van der Waals surface area contributed by atoms with Crippen molar-refractivity contribution in [2.75, 3.05) is 19.6 Å². The molecule has 1 atom stereocenters. The molecular weight excluding hydrogens is 232 g/mol. The van der Waals surface area contributed by atoms with E-state index in [-0.39, 0.29) is 18.4 Å². The number of hydrogen-bond acceptors (Lipinski definition) is 3. The van der Waals surface area contributed by atoms with E-state index in [4.69, 9.17) is 5.11 Å². The lowest BCUT2D eigenvalue weighted by Crippen LogP contribution is -2.40. The number of amides is 1. The van der Waals surface area contributed by atoms with Crippen molar-refractivity contribution >= 4 is 11.9 Å². The van der Waals surface area contributed by atoms with E-state index in [1.165, 1.54) is 0 Å². The molecule has 0 spiro atoms. The van der Waals surface area contributed by atoms with Gasteiger partial charge in [0.1, 0.15) is 0 Å². The van der Waals surface area contributed by atoms with Crippen molar-refractivity contribution in [3.63, 3.8) is 0 Å². The second kappa shape index (κ2) is 7.36. The fourth-order valence-corrected chi connectivity index (χ4v) is 2.28. The third-order valence-corrected chi connectivity index (χ3v) is 3.30. The average Bonchev–Trinajstić information content (AvgIpc) is 2.64. The van der Waals surface area contributed by atoms with Crippen LogP contribution < -0.4 is 5.32 Å². The van der Waals surface area contributed by atoms with Crippen LogP contribution in [-0.2, 0) is 9.59 Å². The van der Waals surface area contributed by atoms with Crippen LogP contribution in [0, 0.1) is 5.92 Å². The van der Waals surface area contributed by atoms with Crippen molar-refractivity contribution in [3.05, 3.63) is 0 Å². The number of likely N-dealkylation sites (tertiary alicyclic amines) is 1. The van der Waals surface area contributed by atoms with Crippen LogP contribution in [0.3, 0.4) is 0 Å². The molecule has 1 rings (SSSR count). The third kappa shape index (κ3) is 5.49. The fourth-order valence-electron chi connectivity index (χ4n) is 2.28. The standard InChI is InChI=1S/C13H24N2O3/c1-10(2)5-6-14-12(16)9-15-7-3-4-11(15)8-13(17)18/h10-11H,3-9H2,1-2H3,(H,14,16)(H,17,18). The molecule has 0 aliphatic carbocycles. The second-order valence-electron chi connectivity index (χ2n) is 5.40. The Kier molecular flexibility index (Phi) is 6.12. The smallest absolute Gasteiger partial charge is 0.304 e. The van der Waals surface area contributed by atoms with Crippen LogP contribution in [0.5, 0.6) is 0 Å². The van der Waals surface area contributed by atoms with Gasteiger partial charge in [-0.1, -0.05) is 13.8 Å². The van der Waals surface area contributed by atoms with E-state index in [9.17, 15) is 9.59 Å². The molecule has 1 aliphatic rings. The molecule has 1 aliphatic heterocycles. The van der Waals surface area contributed by atoms with Crippen molar-refractivity contribution in [1.29, 1.82) is 0 Å². The van der Waals surface area contributed by atoms with Crippen molar-refractivity contribution in [2.45, 2.75) is 45.6 Å². The van der Waals surface area contributed by atoms with Crippen molar-refractivity contribution < 1.29 is 14.7 Å². The van der Waals surface area contributed by atoms with Crippen LogP contribution in [0.25, 0.3) is 0 Å². The first kappa shape index (κ1) is 15.0. The number of aliphatic carboxylic acids is 1. The number of nitrogens with zero attached hydrogens (tertiary/aromatic N) is 1. The van der Waals surface area contributed by atoms with E-state index in [1.807, 2.05) is 4.90 Å². The maximum atomic E-state index is 11.7. The quantitative estimate of drug-likeness (QED) is 0.715. The second-order valence-corrected chi connectivity index (χ2v) is 5.40. The van der Waals surface area contributed by atoms with Gasteiger partial charge >= 0.3 is 5.97 Å². The lowest BCUT2D eigenvalue weighted by molar-refractivity contribution is -0.138. The number of carboxylic acids is 1. The van der Waals surface area contributed by atoms with E-state index in [0.717, 1.165) is 25.8 Å². The molecule has 1 amide bonds. The minimum Gasteiger partial charge on any atom is -0.481 e. The summed E-state index contributed by atoms with van der Waals surface area (Å²) in [5.74, 6) is -0.197. The monoisotopic (exact) mass is 256 g/mol. The van der Waals surface area contributed by atoms with Gasteiger partial charge in [0.25, 0.3) is 0 Å². The molecule has 0 bridgehead atoms. The first-order valence-corrected chi connectivity index (χ1v) is 6.71. The summed E-state index contributed by atoms with van der Waals surface area (Å²) in [5.41, 5.74) is 0. The summed E-state index contributed by atoms with van der Waals surface area (Å²) in [6, 6.07) is 0.0262. The van der Waals surface area contributed by atoms with Gasteiger partial charge in [0.2, 0.25) is 5.91 Å². The summed E-state index contributed by atoms with van der Waals surface area (Å²) in [4.78, 5) is 24.4. The van der Waals surface area contributed by atoms with Gasteiger partial charge in [0, 0.05) is 12.6 Å². The number of carbonyl (C=O) groups excluding carboxylic acids is 1. The zero-order chi connectivity index (χ0) is 13.5. The average molecular weight is 256 g/mol. The van der Waals surface area contributed by atoms with E-state index in [0.29, 0.717) is 19.0 Å². The molecule has 1 heterocycles. The highest BCUT2D eigenvalue weighted by Gasteiger charge is 2.27. The molecule has 1 unspecified atom stereocenters. The summed E-state index contributed by atoms with van der Waals surface area (Å²) in [5, 5.41) is 11.7. The molecule has 5 heteroatoms. The molecule has 18 heavy (non-hydrogen) atoms. The predicted molar refractivity (Wildman–Crippen MR) is 69.3 cm³/mol. The lowest BCUT2D eigenvalue weighted by Gasteiger charge is -2.22. The number of rotatable bonds is 7. The van der Waals surface area contributed by atoms with Crippen molar-refractivity contribution in [1.82, 2.24) is 10.2 Å². The fraction of sp³-hybridized carbons (Fsp3) is 0.846. The molecule has 0 radical (unpaired) electrons. The molecule has 2 N–H and O–H groups in total. The minimum atomic E-state index is -0.785. The molecular formula is C13H24N2O3. The van der Waals surface area contributed by atoms with Gasteiger partial charge in [-0.2, -0.15) is 0 Å². The third-order valence-electron chi connectivity index (χ3n) is 3.30. The van der Waals surface area contributed by atoms with Crippen LogP contribution in [-0.4, -0.2) is 47.6 Å². The summed E-state index contributed by atoms with van der Waals surface area (Å²) in [6.45, 7) is 6.10. The Morgan fingerprint density at radius 2 is 2.17 bits per heavy atom. The normalized spacial score (nSPS) is 20.3. The van der Waals surface area contributed by atoms with Gasteiger partial charge in [-0.05, 0) is 31.7 Å². The highest BCUT2D eigenvalue weighted by atomic mass is 16.4. The topological polar surface area (TPSA) is 69.6 Å². The summed E-state index contributed by atoms with van der Waals surface area (Å²) < 4.78 is 0. The van der Waals surface area contributed by atoms with E-state index < -0.39 is 5.97 Å². The molecule has 0 aromatic carbocycles. The highest BCUT2D eigenvalue weighted by Crippen LogP contribution is 2.19. The summed E-state index contributed by atoms with van der Waals surface area (Å²) in [7, 11) is 0. The molecule has 5 nitrogen and oxygen atoms in total. The Morgan fingerprint density at radius 1 is 1.44 bits per heavy atom. The number of carboxylic acid groups (broad SMARTS) is 1. The molecule has 0 aromatic rings. The Bertz CT molecular complexity index is 292. The molecule has 0 aromatic heterocycles. The Hall–Kier alpha value is -1.10. The molecule has 0 saturated carbocycles. The highest BCUT2D eigenvalue weighted by molar-refractivity contribution is 5.78. The SMILES string of the molecule is CC(C)CCNC(=O)CN1CCCC1CC(=O)O. The predicted octanol–water partition coefficient (Wildman–Crippen LogP) is 1.09. The summed E-state index contributed by atoms with van der Waals surface area (Å²) in [6.07, 6.45) is 2.98. The largest absolute Gasteiger partial charge is 0.481 e. The van der Waals surface area contributed by atoms with Gasteiger partial charge in [0.05, 0.1) is 13.0 Å². The first-order chi connectivity index (χ1) is 8.49. The van der Waals surface area contributed by atoms with E-state index >= 15 is 0 Å². The van der Waals surface area contributed by atoms with Gasteiger partial charge in [-0.15, -0.1) is 0 Å². The van der Waals surface area contributed by atoms with E-state index in [1.54, 1.807) is 0 Å². The van der Waals surface area contributed by atoms with Crippen LogP contribution in [0.1, 0.15) is 39.5 Å². The Balaban J connectivity index is 2.27. The minimum absolute atomic E-state index is 0.00735. The Labute approximate surface area is 109 Å². The maximum Gasteiger partial charge on any atom is 0.304 e. The number of carbonyl (C=O) groups is 2. The van der Waals surface area contributed by atoms with Gasteiger partial charge in [0.15, 0.2) is 0 Å². The first-order valence-electron chi connectivity index (χ1n) is 6.71. The lowest BCUT2D eigenvalue weighted by atomic mass is 10.1. The molecule has 1 saturated heterocycles. The number of hydrogen-bond donors (Lipinski definition) is 2. The zero-order valence-electron chi connectivity index (χ0n) is 11.3. The molecule has 104 valence electrons. The van der Waals surface area contributed by atoms with E-state index in [2.05, 4.69) is 19.2 Å². The van der Waals surface area contributed by atoms with Gasteiger partial charge in [-0.25, -0.2) is 0 Å². The van der Waals surface area contributed by atoms with Crippen molar-refractivity contribution in [2.24, 2.45) is 5.92 Å². The zero-order valence-corrected chi connectivity index (χ0v) is 11.3. The van der Waals surface area contributed by atoms with Crippen LogP contribution in [0.2, 0.25) is 0 Å². The molecule has 1 fully saturated rings.